The van der Waals surface area contributed by atoms with E-state index in [1.54, 1.807) is 0 Å². The fourth-order valence-corrected chi connectivity index (χ4v) is 2.09. The van der Waals surface area contributed by atoms with Crippen molar-refractivity contribution in [2.75, 3.05) is 13.7 Å². The lowest BCUT2D eigenvalue weighted by molar-refractivity contribution is -0.143. The van der Waals surface area contributed by atoms with E-state index >= 15 is 0 Å². The van der Waals surface area contributed by atoms with Gasteiger partial charge in [-0.05, 0) is 26.7 Å². The molecule has 0 spiro atoms. The SMILES string of the molecule is COC(CN)C(=O)N1C(C)CCC1C.Cl. The number of methoxy groups -OCH3 is 1. The average molecular weight is 237 g/mol. The molecule has 0 bridgehead atoms. The van der Waals surface area contributed by atoms with E-state index in [0.29, 0.717) is 12.1 Å². The van der Waals surface area contributed by atoms with Gasteiger partial charge in [0.2, 0.25) is 0 Å². The van der Waals surface area contributed by atoms with Gasteiger partial charge in [-0.3, -0.25) is 4.79 Å². The summed E-state index contributed by atoms with van der Waals surface area (Å²) in [6, 6.07) is 0.642. The highest BCUT2D eigenvalue weighted by atomic mass is 35.5. The first-order valence-corrected chi connectivity index (χ1v) is 5.16. The molecule has 1 saturated heterocycles. The summed E-state index contributed by atoms with van der Waals surface area (Å²) in [5, 5.41) is 0. The molecule has 4 nitrogen and oxygen atoms in total. The predicted octanol–water partition coefficient (Wildman–Crippen LogP) is 0.781. The highest BCUT2D eigenvalue weighted by Gasteiger charge is 2.34. The van der Waals surface area contributed by atoms with E-state index in [9.17, 15) is 4.79 Å². The van der Waals surface area contributed by atoms with Gasteiger partial charge in [-0.1, -0.05) is 0 Å². The molecular formula is C10H21ClN2O2. The van der Waals surface area contributed by atoms with Gasteiger partial charge < -0.3 is 15.4 Å². The number of nitrogens with zero attached hydrogens (tertiary/aromatic N) is 1. The lowest BCUT2D eigenvalue weighted by Gasteiger charge is -2.29. The molecule has 1 rings (SSSR count). The monoisotopic (exact) mass is 236 g/mol. The quantitative estimate of drug-likeness (QED) is 0.788. The van der Waals surface area contributed by atoms with E-state index in [-0.39, 0.29) is 24.9 Å². The molecule has 0 aliphatic carbocycles. The van der Waals surface area contributed by atoms with Crippen molar-refractivity contribution in [3.63, 3.8) is 0 Å². The number of rotatable bonds is 3. The van der Waals surface area contributed by atoms with Gasteiger partial charge in [0.1, 0.15) is 6.10 Å². The van der Waals surface area contributed by atoms with Gasteiger partial charge in [0.25, 0.3) is 5.91 Å². The summed E-state index contributed by atoms with van der Waals surface area (Å²) in [6.07, 6.45) is 1.68. The van der Waals surface area contributed by atoms with Crippen molar-refractivity contribution in [2.24, 2.45) is 5.73 Å². The third-order valence-corrected chi connectivity index (χ3v) is 2.98. The minimum absolute atomic E-state index is 0. The zero-order valence-corrected chi connectivity index (χ0v) is 10.4. The fourth-order valence-electron chi connectivity index (χ4n) is 2.09. The number of likely N-dealkylation sites (tertiary alicyclic amines) is 1. The van der Waals surface area contributed by atoms with E-state index in [4.69, 9.17) is 10.5 Å². The number of carbonyl (C=O) groups is 1. The number of amides is 1. The Labute approximate surface area is 97.5 Å². The number of carbonyl (C=O) groups excluding carboxylic acids is 1. The second kappa shape index (κ2) is 6.30. The van der Waals surface area contributed by atoms with E-state index < -0.39 is 6.10 Å². The van der Waals surface area contributed by atoms with Gasteiger partial charge in [0.05, 0.1) is 0 Å². The van der Waals surface area contributed by atoms with Crippen LogP contribution in [0, 0.1) is 0 Å². The van der Waals surface area contributed by atoms with Gasteiger partial charge >= 0.3 is 0 Å². The molecule has 2 N–H and O–H groups in total. The van der Waals surface area contributed by atoms with Crippen molar-refractivity contribution < 1.29 is 9.53 Å². The Morgan fingerprint density at radius 1 is 1.47 bits per heavy atom. The Bertz CT molecular complexity index is 200. The minimum atomic E-state index is -0.474. The lowest BCUT2D eigenvalue weighted by Crippen LogP contribution is -2.47. The highest BCUT2D eigenvalue weighted by Crippen LogP contribution is 2.24. The lowest BCUT2D eigenvalue weighted by atomic mass is 10.2. The molecule has 5 heteroatoms. The van der Waals surface area contributed by atoms with Crippen molar-refractivity contribution in [1.82, 2.24) is 4.90 Å². The Kier molecular flexibility index (Phi) is 6.17. The first-order chi connectivity index (χ1) is 6.61. The number of nitrogens with two attached hydrogens (primary N) is 1. The van der Waals surface area contributed by atoms with Gasteiger partial charge in [0, 0.05) is 25.7 Å². The van der Waals surface area contributed by atoms with Gasteiger partial charge in [-0.15, -0.1) is 12.4 Å². The van der Waals surface area contributed by atoms with Crippen LogP contribution >= 0.6 is 12.4 Å². The summed E-state index contributed by atoms with van der Waals surface area (Å²) in [5.41, 5.74) is 5.47. The summed E-state index contributed by atoms with van der Waals surface area (Å²) in [4.78, 5) is 13.9. The molecule has 1 aliphatic rings. The summed E-state index contributed by atoms with van der Waals surface area (Å²) >= 11 is 0. The van der Waals surface area contributed by atoms with Crippen molar-refractivity contribution >= 4 is 18.3 Å². The number of halogens is 1. The van der Waals surface area contributed by atoms with Crippen LogP contribution in [0.15, 0.2) is 0 Å². The van der Waals surface area contributed by atoms with Crippen LogP contribution in [-0.2, 0) is 9.53 Å². The van der Waals surface area contributed by atoms with Gasteiger partial charge in [0.15, 0.2) is 0 Å². The maximum Gasteiger partial charge on any atom is 0.253 e. The minimum Gasteiger partial charge on any atom is -0.370 e. The Hall–Kier alpha value is -0.320. The molecule has 90 valence electrons. The van der Waals surface area contributed by atoms with E-state index in [1.165, 1.54) is 7.11 Å². The highest BCUT2D eigenvalue weighted by molar-refractivity contribution is 5.85. The molecule has 1 fully saturated rings. The molecule has 0 aromatic carbocycles. The van der Waals surface area contributed by atoms with Crippen molar-refractivity contribution in [3.05, 3.63) is 0 Å². The number of hydrogen-bond acceptors (Lipinski definition) is 3. The average Bonchev–Trinajstić information content (AvgIpc) is 2.48. The first-order valence-electron chi connectivity index (χ1n) is 5.16. The van der Waals surface area contributed by atoms with Crippen LogP contribution in [0.2, 0.25) is 0 Å². The predicted molar refractivity (Wildman–Crippen MR) is 62.1 cm³/mol. The fraction of sp³-hybridized carbons (Fsp3) is 0.900. The third kappa shape index (κ3) is 3.06. The van der Waals surface area contributed by atoms with E-state index in [2.05, 4.69) is 13.8 Å². The number of hydrogen-bond donors (Lipinski definition) is 1. The second-order valence-corrected chi connectivity index (χ2v) is 3.98. The van der Waals surface area contributed by atoms with Crippen LogP contribution in [-0.4, -0.2) is 42.6 Å². The normalized spacial score (nSPS) is 27.3. The van der Waals surface area contributed by atoms with Crippen molar-refractivity contribution in [1.29, 1.82) is 0 Å². The van der Waals surface area contributed by atoms with Gasteiger partial charge in [-0.2, -0.15) is 0 Å². The maximum absolute atomic E-state index is 11.9. The van der Waals surface area contributed by atoms with E-state index in [1.807, 2.05) is 4.90 Å². The maximum atomic E-state index is 11.9. The third-order valence-electron chi connectivity index (χ3n) is 2.98. The van der Waals surface area contributed by atoms with Crippen LogP contribution < -0.4 is 5.73 Å². The molecule has 1 aliphatic heterocycles. The summed E-state index contributed by atoms with van der Waals surface area (Å²) < 4.78 is 5.05. The molecule has 15 heavy (non-hydrogen) atoms. The zero-order chi connectivity index (χ0) is 10.7. The molecule has 0 aromatic rings. The summed E-state index contributed by atoms with van der Waals surface area (Å²) in [5.74, 6) is 0.0347. The molecule has 1 heterocycles. The Balaban J connectivity index is 0.00000196. The molecule has 0 aromatic heterocycles. The smallest absolute Gasteiger partial charge is 0.253 e. The second-order valence-electron chi connectivity index (χ2n) is 3.98. The van der Waals surface area contributed by atoms with Crippen LogP contribution in [0.5, 0.6) is 0 Å². The molecular weight excluding hydrogens is 216 g/mol. The Morgan fingerprint density at radius 2 is 1.93 bits per heavy atom. The molecule has 0 saturated carbocycles. The zero-order valence-electron chi connectivity index (χ0n) is 9.60. The molecule has 3 unspecified atom stereocenters. The molecule has 0 radical (unpaired) electrons. The molecule has 3 atom stereocenters. The van der Waals surface area contributed by atoms with Crippen LogP contribution in [0.1, 0.15) is 26.7 Å². The summed E-state index contributed by atoms with van der Waals surface area (Å²) in [6.45, 7) is 4.40. The summed E-state index contributed by atoms with van der Waals surface area (Å²) in [7, 11) is 1.53. The van der Waals surface area contributed by atoms with Crippen molar-refractivity contribution in [3.8, 4) is 0 Å². The molecule has 1 amide bonds. The van der Waals surface area contributed by atoms with Crippen LogP contribution in [0.3, 0.4) is 0 Å². The number of ether oxygens (including phenoxy) is 1. The van der Waals surface area contributed by atoms with Crippen LogP contribution in [0.4, 0.5) is 0 Å². The van der Waals surface area contributed by atoms with Crippen molar-refractivity contribution in [2.45, 2.75) is 44.9 Å². The largest absolute Gasteiger partial charge is 0.370 e. The topological polar surface area (TPSA) is 55.6 Å². The van der Waals surface area contributed by atoms with Crippen LogP contribution in [0.25, 0.3) is 0 Å². The Morgan fingerprint density at radius 3 is 2.27 bits per heavy atom. The van der Waals surface area contributed by atoms with E-state index in [0.717, 1.165) is 12.8 Å². The van der Waals surface area contributed by atoms with Gasteiger partial charge in [-0.25, -0.2) is 0 Å². The standard InChI is InChI=1S/C10H20N2O2.ClH/c1-7-4-5-8(2)12(7)10(13)9(6-11)14-3;/h7-9H,4-6,11H2,1-3H3;1H. The first kappa shape index (κ1) is 14.7.